The van der Waals surface area contributed by atoms with Gasteiger partial charge in [0.15, 0.2) is 5.82 Å². The molecule has 0 fully saturated rings. The standard InChI is InChI=1S/C18H21ClN6O2/c1-3-16-22-23-24-25(16)14-6-12(17(20)27)7-18(8-14,11(2)10-26)15-5-4-13(19)9-21-15/h4-6,8-9,11,26H,3,7,10H2,1-2H3,(H2,20,27). The van der Waals surface area contributed by atoms with E-state index in [9.17, 15) is 9.90 Å². The minimum atomic E-state index is -0.759. The highest BCUT2D eigenvalue weighted by molar-refractivity contribution is 6.30. The third-order valence-corrected chi connectivity index (χ3v) is 5.20. The topological polar surface area (TPSA) is 120 Å². The van der Waals surface area contributed by atoms with Crippen molar-refractivity contribution in [1.29, 1.82) is 0 Å². The lowest BCUT2D eigenvalue weighted by atomic mass is 9.67. The van der Waals surface area contributed by atoms with Gasteiger partial charge in [-0.15, -0.1) is 5.10 Å². The summed E-state index contributed by atoms with van der Waals surface area (Å²) < 4.78 is 1.58. The first-order valence-electron chi connectivity index (χ1n) is 8.65. The van der Waals surface area contributed by atoms with Gasteiger partial charge in [0, 0.05) is 30.2 Å². The zero-order chi connectivity index (χ0) is 19.6. The van der Waals surface area contributed by atoms with Crippen LogP contribution in [-0.4, -0.2) is 42.8 Å². The number of hydrogen-bond acceptors (Lipinski definition) is 6. The molecule has 3 N–H and O–H groups in total. The smallest absolute Gasteiger partial charge is 0.244 e. The maximum absolute atomic E-state index is 12.1. The zero-order valence-electron chi connectivity index (χ0n) is 15.1. The molecule has 0 aromatic carbocycles. The third-order valence-electron chi connectivity index (χ3n) is 4.98. The van der Waals surface area contributed by atoms with Crippen molar-refractivity contribution in [2.75, 3.05) is 6.61 Å². The van der Waals surface area contributed by atoms with Gasteiger partial charge in [0.25, 0.3) is 0 Å². The molecule has 1 aliphatic rings. The molecule has 0 aliphatic heterocycles. The highest BCUT2D eigenvalue weighted by Crippen LogP contribution is 2.43. The average Bonchev–Trinajstić information content (AvgIpc) is 3.16. The number of primary amides is 1. The SMILES string of the molecule is CCc1nnnn1C1=CC(c2ccc(Cl)cn2)(C(C)CO)CC(C(N)=O)=C1. The van der Waals surface area contributed by atoms with Crippen molar-refractivity contribution in [3.05, 3.63) is 52.6 Å². The molecule has 8 nitrogen and oxygen atoms in total. The molecule has 2 atom stereocenters. The maximum Gasteiger partial charge on any atom is 0.244 e. The number of nitrogens with zero attached hydrogens (tertiary/aromatic N) is 5. The van der Waals surface area contributed by atoms with Crippen LogP contribution in [0.2, 0.25) is 5.02 Å². The van der Waals surface area contributed by atoms with E-state index in [1.54, 1.807) is 29.1 Å². The van der Waals surface area contributed by atoms with Gasteiger partial charge in [-0.2, -0.15) is 4.68 Å². The summed E-state index contributed by atoms with van der Waals surface area (Å²) in [5.74, 6) is -0.126. The Labute approximate surface area is 161 Å². The number of aliphatic hydroxyl groups excluding tert-OH is 1. The van der Waals surface area contributed by atoms with Crippen LogP contribution in [0.15, 0.2) is 36.1 Å². The molecule has 27 heavy (non-hydrogen) atoms. The largest absolute Gasteiger partial charge is 0.396 e. The molecule has 0 bridgehead atoms. The van der Waals surface area contributed by atoms with E-state index in [1.807, 2.05) is 19.9 Å². The second kappa shape index (κ2) is 7.58. The average molecular weight is 389 g/mol. The van der Waals surface area contributed by atoms with E-state index in [1.165, 1.54) is 0 Å². The van der Waals surface area contributed by atoms with Crippen LogP contribution in [-0.2, 0) is 16.6 Å². The zero-order valence-corrected chi connectivity index (χ0v) is 15.9. The number of aromatic nitrogens is 5. The van der Waals surface area contributed by atoms with Crippen LogP contribution in [0.1, 0.15) is 31.8 Å². The minimum Gasteiger partial charge on any atom is -0.396 e. The number of carbonyl (C=O) groups excluding carboxylic acids is 1. The number of tetrazole rings is 1. The van der Waals surface area contributed by atoms with Gasteiger partial charge in [-0.3, -0.25) is 9.78 Å². The van der Waals surface area contributed by atoms with Crippen molar-refractivity contribution >= 4 is 23.2 Å². The predicted octanol–water partition coefficient (Wildman–Crippen LogP) is 1.51. The number of rotatable bonds is 6. The molecule has 142 valence electrons. The second-order valence-corrected chi connectivity index (χ2v) is 7.06. The lowest BCUT2D eigenvalue weighted by molar-refractivity contribution is -0.114. The lowest BCUT2D eigenvalue weighted by Crippen LogP contribution is -2.39. The summed E-state index contributed by atoms with van der Waals surface area (Å²) in [6.45, 7) is 3.74. The molecule has 0 saturated carbocycles. The Morgan fingerprint density at radius 1 is 1.48 bits per heavy atom. The summed E-state index contributed by atoms with van der Waals surface area (Å²) >= 11 is 5.99. The van der Waals surface area contributed by atoms with Crippen LogP contribution in [0.25, 0.3) is 5.70 Å². The summed E-state index contributed by atoms with van der Waals surface area (Å²) in [7, 11) is 0. The molecule has 1 amide bonds. The van der Waals surface area contributed by atoms with Gasteiger partial charge in [-0.05, 0) is 47.1 Å². The van der Waals surface area contributed by atoms with Crippen molar-refractivity contribution in [3.8, 4) is 0 Å². The van der Waals surface area contributed by atoms with Gasteiger partial charge < -0.3 is 10.8 Å². The molecule has 0 radical (unpaired) electrons. The minimum absolute atomic E-state index is 0.101. The Balaban J connectivity index is 2.24. The van der Waals surface area contributed by atoms with Gasteiger partial charge in [0.2, 0.25) is 5.91 Å². The fraction of sp³-hybridized carbons (Fsp3) is 0.389. The van der Waals surface area contributed by atoms with E-state index in [2.05, 4.69) is 20.5 Å². The molecule has 0 saturated heterocycles. The van der Waals surface area contributed by atoms with Crippen LogP contribution in [0, 0.1) is 5.92 Å². The van der Waals surface area contributed by atoms with E-state index < -0.39 is 11.3 Å². The van der Waals surface area contributed by atoms with E-state index in [-0.39, 0.29) is 12.5 Å². The molecule has 9 heteroatoms. The van der Waals surface area contributed by atoms with Gasteiger partial charge in [0.05, 0.1) is 16.4 Å². The van der Waals surface area contributed by atoms with Crippen LogP contribution in [0.4, 0.5) is 0 Å². The van der Waals surface area contributed by atoms with Crippen molar-refractivity contribution in [3.63, 3.8) is 0 Å². The summed E-state index contributed by atoms with van der Waals surface area (Å²) in [6.07, 6.45) is 6.12. The maximum atomic E-state index is 12.1. The number of hydrogen-bond donors (Lipinski definition) is 2. The van der Waals surface area contributed by atoms with E-state index >= 15 is 0 Å². The first kappa shape index (κ1) is 19.2. The molecule has 0 spiro atoms. The first-order valence-corrected chi connectivity index (χ1v) is 9.02. The Kier molecular flexibility index (Phi) is 5.38. The lowest BCUT2D eigenvalue weighted by Gasteiger charge is -2.38. The number of halogens is 1. The highest BCUT2D eigenvalue weighted by atomic mass is 35.5. The number of amides is 1. The van der Waals surface area contributed by atoms with Gasteiger partial charge in [0.1, 0.15) is 0 Å². The van der Waals surface area contributed by atoms with E-state index in [4.69, 9.17) is 17.3 Å². The molecule has 2 aromatic heterocycles. The predicted molar refractivity (Wildman–Crippen MR) is 101 cm³/mol. The second-order valence-electron chi connectivity index (χ2n) is 6.63. The fourth-order valence-corrected chi connectivity index (χ4v) is 3.47. The fourth-order valence-electron chi connectivity index (χ4n) is 3.36. The molecule has 2 unspecified atom stereocenters. The van der Waals surface area contributed by atoms with Gasteiger partial charge in [-0.1, -0.05) is 25.4 Å². The molecular formula is C18H21ClN6O2. The summed E-state index contributed by atoms with van der Waals surface area (Å²) in [5.41, 5.74) is 6.58. The van der Waals surface area contributed by atoms with Crippen molar-refractivity contribution in [2.24, 2.45) is 11.7 Å². The van der Waals surface area contributed by atoms with Crippen LogP contribution < -0.4 is 5.73 Å². The Hall–Kier alpha value is -2.58. The van der Waals surface area contributed by atoms with E-state index in [0.717, 1.165) is 0 Å². The number of pyridine rings is 1. The van der Waals surface area contributed by atoms with Crippen LogP contribution in [0.3, 0.4) is 0 Å². The monoisotopic (exact) mass is 388 g/mol. The van der Waals surface area contributed by atoms with Crippen molar-refractivity contribution in [2.45, 2.75) is 32.1 Å². The van der Waals surface area contributed by atoms with E-state index in [0.29, 0.717) is 40.7 Å². The number of aryl methyl sites for hydroxylation is 1. The summed E-state index contributed by atoms with van der Waals surface area (Å²) in [5, 5.41) is 22.2. The Morgan fingerprint density at radius 2 is 2.26 bits per heavy atom. The van der Waals surface area contributed by atoms with Crippen molar-refractivity contribution < 1.29 is 9.90 Å². The number of aliphatic hydroxyl groups is 1. The quantitative estimate of drug-likeness (QED) is 0.773. The molecule has 2 heterocycles. The molecule has 1 aliphatic carbocycles. The first-order chi connectivity index (χ1) is 12.9. The normalized spacial score (nSPS) is 20.7. The molecular weight excluding hydrogens is 368 g/mol. The third kappa shape index (κ3) is 3.50. The Morgan fingerprint density at radius 3 is 2.85 bits per heavy atom. The van der Waals surface area contributed by atoms with Gasteiger partial charge >= 0.3 is 0 Å². The highest BCUT2D eigenvalue weighted by Gasteiger charge is 2.41. The number of carbonyl (C=O) groups is 1. The number of nitrogens with two attached hydrogens (primary N) is 1. The van der Waals surface area contributed by atoms with Crippen molar-refractivity contribution in [1.82, 2.24) is 25.2 Å². The number of allylic oxidation sites excluding steroid dienone is 3. The Bertz CT molecular complexity index is 905. The summed E-state index contributed by atoms with van der Waals surface area (Å²) in [4.78, 5) is 16.5. The molecule has 2 aromatic rings. The van der Waals surface area contributed by atoms with Gasteiger partial charge in [-0.25, -0.2) is 0 Å². The summed E-state index contributed by atoms with van der Waals surface area (Å²) in [6, 6.07) is 3.53. The molecule has 3 rings (SSSR count). The van der Waals surface area contributed by atoms with Crippen LogP contribution in [0.5, 0.6) is 0 Å². The van der Waals surface area contributed by atoms with Crippen LogP contribution >= 0.6 is 11.6 Å².